The smallest absolute Gasteiger partial charge is 0.186 e. The number of hydrogen-bond acceptors (Lipinski definition) is 4. The first kappa shape index (κ1) is 9.87. The fourth-order valence-electron chi connectivity index (χ4n) is 1.33. The molecule has 0 amide bonds. The molecular formula is C10H7BrN4. The number of nitrogen functional groups attached to an aromatic ring is 1. The lowest BCUT2D eigenvalue weighted by Crippen LogP contribution is -1.98. The zero-order chi connectivity index (χ0) is 11.0. The molecule has 1 aromatic carbocycles. The molecule has 2 N–H and O–H groups in total. The highest BCUT2D eigenvalue weighted by Gasteiger charge is 2.08. The number of nitrogens with two attached hydrogens (primary N) is 1. The van der Waals surface area contributed by atoms with Gasteiger partial charge in [0.2, 0.25) is 0 Å². The second-order valence-electron chi connectivity index (χ2n) is 3.19. The highest BCUT2D eigenvalue weighted by atomic mass is 79.9. The molecule has 2 rings (SSSR count). The molecule has 5 heteroatoms. The van der Waals surface area contributed by atoms with E-state index in [-0.39, 0.29) is 5.69 Å². The predicted molar refractivity (Wildman–Crippen MR) is 61.1 cm³/mol. The van der Waals surface area contributed by atoms with E-state index in [0.717, 1.165) is 15.4 Å². The maximum Gasteiger partial charge on any atom is 0.186 e. The van der Waals surface area contributed by atoms with E-state index in [1.165, 1.54) is 0 Å². The van der Waals surface area contributed by atoms with Gasteiger partial charge in [-0.1, -0.05) is 15.9 Å². The van der Waals surface area contributed by atoms with Gasteiger partial charge in [0.15, 0.2) is 5.69 Å². The van der Waals surface area contributed by atoms with E-state index in [4.69, 9.17) is 11.0 Å². The number of halogens is 1. The minimum Gasteiger partial charge on any atom is -0.396 e. The number of aromatic nitrogens is 2. The van der Waals surface area contributed by atoms with Crippen molar-refractivity contribution < 1.29 is 0 Å². The van der Waals surface area contributed by atoms with Gasteiger partial charge in [0.05, 0.1) is 11.2 Å². The van der Waals surface area contributed by atoms with Crippen LogP contribution in [0.15, 0.2) is 16.6 Å². The Kier molecular flexibility index (Phi) is 2.29. The fourth-order valence-corrected chi connectivity index (χ4v) is 1.68. The Bertz CT molecular complexity index is 586. The molecule has 0 aliphatic carbocycles. The van der Waals surface area contributed by atoms with Gasteiger partial charge in [-0.3, -0.25) is 0 Å². The van der Waals surface area contributed by atoms with Crippen molar-refractivity contribution in [3.8, 4) is 6.07 Å². The number of aryl methyl sites for hydroxylation is 1. The van der Waals surface area contributed by atoms with Crippen LogP contribution < -0.4 is 5.73 Å². The van der Waals surface area contributed by atoms with E-state index >= 15 is 0 Å². The molecular weight excluding hydrogens is 256 g/mol. The minimum absolute atomic E-state index is 0.165. The van der Waals surface area contributed by atoms with Gasteiger partial charge in [-0.25, -0.2) is 0 Å². The van der Waals surface area contributed by atoms with Gasteiger partial charge in [-0.15, -0.1) is 10.2 Å². The molecule has 2 aromatic rings. The van der Waals surface area contributed by atoms with Gasteiger partial charge in [0.25, 0.3) is 0 Å². The number of anilines is 1. The van der Waals surface area contributed by atoms with Crippen molar-refractivity contribution >= 4 is 32.5 Å². The maximum absolute atomic E-state index is 8.76. The Morgan fingerprint density at radius 3 is 2.80 bits per heavy atom. The lowest BCUT2D eigenvalue weighted by molar-refractivity contribution is 1.05. The van der Waals surface area contributed by atoms with Crippen LogP contribution in [0.2, 0.25) is 0 Å². The van der Waals surface area contributed by atoms with Crippen LogP contribution in [0.25, 0.3) is 10.9 Å². The Morgan fingerprint density at radius 1 is 1.40 bits per heavy atom. The molecule has 0 saturated carbocycles. The molecule has 0 unspecified atom stereocenters. The number of hydrogen-bond donors (Lipinski definition) is 1. The summed E-state index contributed by atoms with van der Waals surface area (Å²) in [6.07, 6.45) is 0. The lowest BCUT2D eigenvalue weighted by atomic mass is 10.1. The van der Waals surface area contributed by atoms with E-state index in [1.54, 1.807) is 0 Å². The predicted octanol–water partition coefficient (Wildman–Crippen LogP) is 2.15. The second-order valence-corrected chi connectivity index (χ2v) is 4.05. The van der Waals surface area contributed by atoms with Crippen molar-refractivity contribution in [2.75, 3.05) is 5.73 Å². The molecule has 4 nitrogen and oxygen atoms in total. The number of benzene rings is 1. The summed E-state index contributed by atoms with van der Waals surface area (Å²) in [4.78, 5) is 0. The van der Waals surface area contributed by atoms with Crippen LogP contribution in [-0.4, -0.2) is 10.2 Å². The summed E-state index contributed by atoms with van der Waals surface area (Å²) in [5.74, 6) is 0. The van der Waals surface area contributed by atoms with Gasteiger partial charge in [-0.05, 0) is 24.6 Å². The quantitative estimate of drug-likeness (QED) is 0.790. The Hall–Kier alpha value is -1.67. The second kappa shape index (κ2) is 3.48. The Balaban J connectivity index is 2.89. The van der Waals surface area contributed by atoms with Gasteiger partial charge in [-0.2, -0.15) is 5.26 Å². The summed E-state index contributed by atoms with van der Waals surface area (Å²) in [7, 11) is 0. The molecule has 1 heterocycles. The number of rotatable bonds is 0. The summed E-state index contributed by atoms with van der Waals surface area (Å²) in [5, 5.41) is 17.2. The monoisotopic (exact) mass is 262 g/mol. The van der Waals surface area contributed by atoms with Crippen molar-refractivity contribution in [1.82, 2.24) is 10.2 Å². The molecule has 0 bridgehead atoms. The number of nitrogens with zero attached hydrogens (tertiary/aromatic N) is 3. The third-order valence-corrected chi connectivity index (χ3v) is 3.04. The average Bonchev–Trinajstić information content (AvgIpc) is 2.22. The van der Waals surface area contributed by atoms with E-state index in [0.29, 0.717) is 11.2 Å². The minimum atomic E-state index is 0.165. The van der Waals surface area contributed by atoms with E-state index in [1.807, 2.05) is 25.1 Å². The Morgan fingerprint density at radius 2 is 2.13 bits per heavy atom. The van der Waals surface area contributed by atoms with Crippen molar-refractivity contribution in [2.24, 2.45) is 0 Å². The summed E-state index contributed by atoms with van der Waals surface area (Å²) < 4.78 is 0.943. The van der Waals surface area contributed by atoms with Crippen molar-refractivity contribution in [2.45, 2.75) is 6.92 Å². The maximum atomic E-state index is 8.76. The zero-order valence-corrected chi connectivity index (χ0v) is 9.54. The van der Waals surface area contributed by atoms with Gasteiger partial charge in [0.1, 0.15) is 6.07 Å². The Labute approximate surface area is 94.9 Å². The van der Waals surface area contributed by atoms with Gasteiger partial charge in [0, 0.05) is 9.86 Å². The largest absolute Gasteiger partial charge is 0.396 e. The van der Waals surface area contributed by atoms with Crippen LogP contribution >= 0.6 is 15.9 Å². The van der Waals surface area contributed by atoms with Crippen molar-refractivity contribution in [1.29, 1.82) is 5.26 Å². The molecule has 0 aliphatic rings. The van der Waals surface area contributed by atoms with E-state index in [2.05, 4.69) is 26.1 Å². The van der Waals surface area contributed by atoms with Gasteiger partial charge >= 0.3 is 0 Å². The summed E-state index contributed by atoms with van der Waals surface area (Å²) in [5.41, 5.74) is 8.10. The molecule has 0 fully saturated rings. The third kappa shape index (κ3) is 1.53. The van der Waals surface area contributed by atoms with Crippen LogP contribution in [0.1, 0.15) is 11.3 Å². The molecule has 0 saturated heterocycles. The number of fused-ring (bicyclic) bond motifs is 1. The van der Waals surface area contributed by atoms with E-state index < -0.39 is 0 Å². The molecule has 0 spiro atoms. The van der Waals surface area contributed by atoms with Crippen LogP contribution in [0.4, 0.5) is 5.69 Å². The first-order chi connectivity index (χ1) is 7.13. The standard InChI is InChI=1S/C10H7BrN4/c1-5-2-8-6(3-7(5)11)10(13)9(4-12)15-14-8/h2-3H,1H3,(H2,13,14). The first-order valence-electron chi connectivity index (χ1n) is 4.25. The molecule has 0 aliphatic heterocycles. The molecule has 15 heavy (non-hydrogen) atoms. The van der Waals surface area contributed by atoms with Crippen molar-refractivity contribution in [3.05, 3.63) is 27.9 Å². The van der Waals surface area contributed by atoms with E-state index in [9.17, 15) is 0 Å². The average molecular weight is 263 g/mol. The SMILES string of the molecule is Cc1cc2nnc(C#N)c(N)c2cc1Br. The van der Waals surface area contributed by atoms with Gasteiger partial charge < -0.3 is 5.73 Å². The van der Waals surface area contributed by atoms with Crippen LogP contribution in [-0.2, 0) is 0 Å². The molecule has 0 atom stereocenters. The molecule has 1 aromatic heterocycles. The molecule has 74 valence electrons. The first-order valence-corrected chi connectivity index (χ1v) is 5.05. The normalized spacial score (nSPS) is 10.2. The summed E-state index contributed by atoms with van der Waals surface area (Å²) in [6, 6.07) is 5.64. The van der Waals surface area contributed by atoms with Crippen molar-refractivity contribution in [3.63, 3.8) is 0 Å². The third-order valence-electron chi connectivity index (χ3n) is 2.19. The highest BCUT2D eigenvalue weighted by Crippen LogP contribution is 2.27. The number of nitriles is 1. The molecule has 0 radical (unpaired) electrons. The fraction of sp³-hybridized carbons (Fsp3) is 0.100. The lowest BCUT2D eigenvalue weighted by Gasteiger charge is -2.04. The highest BCUT2D eigenvalue weighted by molar-refractivity contribution is 9.10. The van der Waals surface area contributed by atoms with Crippen LogP contribution in [0, 0.1) is 18.3 Å². The zero-order valence-electron chi connectivity index (χ0n) is 7.95. The van der Waals surface area contributed by atoms with Crippen LogP contribution in [0.5, 0.6) is 0 Å². The van der Waals surface area contributed by atoms with Crippen LogP contribution in [0.3, 0.4) is 0 Å². The summed E-state index contributed by atoms with van der Waals surface area (Å²) in [6.45, 7) is 1.96. The summed E-state index contributed by atoms with van der Waals surface area (Å²) >= 11 is 3.41. The topological polar surface area (TPSA) is 75.6 Å².